The number of hydrogen-bond acceptors (Lipinski definition) is 4. The van der Waals surface area contributed by atoms with Gasteiger partial charge < -0.3 is 9.47 Å². The van der Waals surface area contributed by atoms with E-state index in [-0.39, 0.29) is 0 Å². The smallest absolute Gasteiger partial charge is 0.161 e. The maximum absolute atomic E-state index is 5.78. The fourth-order valence-corrected chi connectivity index (χ4v) is 2.29. The Balaban J connectivity index is 2.02. The van der Waals surface area contributed by atoms with Gasteiger partial charge in [-0.3, -0.25) is 5.43 Å². The molecule has 4 nitrogen and oxygen atoms in total. The number of ether oxygens (including phenoxy) is 2. The average Bonchev–Trinajstić information content (AvgIpc) is 2.59. The van der Waals surface area contributed by atoms with Crippen LogP contribution < -0.4 is 14.9 Å². The minimum Gasteiger partial charge on any atom is -0.490 e. The first kappa shape index (κ1) is 18.3. The second-order valence-electron chi connectivity index (χ2n) is 5.22. The van der Waals surface area contributed by atoms with Crippen LogP contribution in [-0.4, -0.2) is 19.4 Å². The standard InChI is InChI=1S/C19H23BrN2O2/c1-3-5-12-24-18-11-6-15(13-19(18)23-4-2)14-21-22-17-9-7-16(20)8-10-17/h6-11,13-14,22H,3-5,12H2,1-2H3/b21-14+. The molecule has 128 valence electrons. The number of halogens is 1. The Morgan fingerprint density at radius 2 is 1.83 bits per heavy atom. The zero-order valence-electron chi connectivity index (χ0n) is 14.1. The molecule has 0 aliphatic rings. The quantitative estimate of drug-likeness (QED) is 0.350. The van der Waals surface area contributed by atoms with Crippen LogP contribution in [0.15, 0.2) is 52.0 Å². The van der Waals surface area contributed by atoms with E-state index in [9.17, 15) is 0 Å². The summed E-state index contributed by atoms with van der Waals surface area (Å²) in [4.78, 5) is 0. The third-order valence-corrected chi connectivity index (χ3v) is 3.80. The summed E-state index contributed by atoms with van der Waals surface area (Å²) in [5, 5.41) is 4.26. The van der Waals surface area contributed by atoms with Crippen molar-refractivity contribution in [3.05, 3.63) is 52.5 Å². The van der Waals surface area contributed by atoms with Gasteiger partial charge in [-0.05, 0) is 61.4 Å². The van der Waals surface area contributed by atoms with Crippen LogP contribution >= 0.6 is 15.9 Å². The van der Waals surface area contributed by atoms with Crippen LogP contribution in [0.2, 0.25) is 0 Å². The Morgan fingerprint density at radius 3 is 2.54 bits per heavy atom. The molecule has 0 radical (unpaired) electrons. The normalized spacial score (nSPS) is 10.8. The lowest BCUT2D eigenvalue weighted by atomic mass is 10.2. The van der Waals surface area contributed by atoms with E-state index < -0.39 is 0 Å². The molecule has 0 unspecified atom stereocenters. The summed E-state index contributed by atoms with van der Waals surface area (Å²) in [6.07, 6.45) is 3.91. The SMILES string of the molecule is CCCCOc1ccc(/C=N/Nc2ccc(Br)cc2)cc1OCC. The van der Waals surface area contributed by atoms with Gasteiger partial charge in [0, 0.05) is 4.47 Å². The fourth-order valence-electron chi connectivity index (χ4n) is 2.02. The zero-order chi connectivity index (χ0) is 17.2. The molecular formula is C19H23BrN2O2. The lowest BCUT2D eigenvalue weighted by Crippen LogP contribution is -2.01. The number of nitrogens with one attached hydrogen (secondary N) is 1. The van der Waals surface area contributed by atoms with Crippen molar-refractivity contribution in [2.45, 2.75) is 26.7 Å². The molecule has 1 N–H and O–H groups in total. The van der Waals surface area contributed by atoms with E-state index in [1.54, 1.807) is 6.21 Å². The molecule has 0 bridgehead atoms. The van der Waals surface area contributed by atoms with Crippen LogP contribution in [0.1, 0.15) is 32.3 Å². The van der Waals surface area contributed by atoms with Gasteiger partial charge in [-0.1, -0.05) is 29.3 Å². The van der Waals surface area contributed by atoms with Gasteiger partial charge in [0.15, 0.2) is 11.5 Å². The molecule has 0 aromatic heterocycles. The van der Waals surface area contributed by atoms with Gasteiger partial charge in [-0.25, -0.2) is 0 Å². The van der Waals surface area contributed by atoms with Crippen molar-refractivity contribution in [1.82, 2.24) is 0 Å². The first-order chi connectivity index (χ1) is 11.7. The molecule has 0 amide bonds. The van der Waals surface area contributed by atoms with E-state index in [1.807, 2.05) is 49.4 Å². The number of hydrazone groups is 1. The molecule has 0 saturated heterocycles. The predicted octanol–water partition coefficient (Wildman–Crippen LogP) is 5.47. The van der Waals surface area contributed by atoms with Crippen molar-refractivity contribution in [1.29, 1.82) is 0 Å². The number of nitrogens with zero attached hydrogens (tertiary/aromatic N) is 1. The third-order valence-electron chi connectivity index (χ3n) is 3.27. The fraction of sp³-hybridized carbons (Fsp3) is 0.316. The topological polar surface area (TPSA) is 42.8 Å². The van der Waals surface area contributed by atoms with Crippen molar-refractivity contribution in [2.24, 2.45) is 5.10 Å². The van der Waals surface area contributed by atoms with Crippen LogP contribution in [-0.2, 0) is 0 Å². The van der Waals surface area contributed by atoms with Gasteiger partial charge in [-0.2, -0.15) is 5.10 Å². The molecule has 0 aliphatic carbocycles. The van der Waals surface area contributed by atoms with Gasteiger partial charge >= 0.3 is 0 Å². The maximum Gasteiger partial charge on any atom is 0.161 e. The van der Waals surface area contributed by atoms with Gasteiger partial charge in [0.05, 0.1) is 25.1 Å². The highest BCUT2D eigenvalue weighted by atomic mass is 79.9. The summed E-state index contributed by atoms with van der Waals surface area (Å²) in [6, 6.07) is 13.7. The number of hydrogen-bond donors (Lipinski definition) is 1. The van der Waals surface area contributed by atoms with Gasteiger partial charge in [0.25, 0.3) is 0 Å². The minimum absolute atomic E-state index is 0.599. The Bertz CT molecular complexity index is 657. The lowest BCUT2D eigenvalue weighted by molar-refractivity contribution is 0.272. The summed E-state index contributed by atoms with van der Waals surface area (Å²) in [5.41, 5.74) is 4.88. The molecule has 2 rings (SSSR count). The minimum atomic E-state index is 0.599. The predicted molar refractivity (Wildman–Crippen MR) is 103 cm³/mol. The molecule has 2 aromatic carbocycles. The van der Waals surface area contributed by atoms with E-state index in [0.717, 1.165) is 40.1 Å². The number of rotatable bonds is 9. The number of unbranched alkanes of at least 4 members (excludes halogenated alkanes) is 1. The zero-order valence-corrected chi connectivity index (χ0v) is 15.7. The highest BCUT2D eigenvalue weighted by molar-refractivity contribution is 9.10. The van der Waals surface area contributed by atoms with E-state index in [1.165, 1.54) is 0 Å². The monoisotopic (exact) mass is 390 g/mol. The van der Waals surface area contributed by atoms with E-state index in [0.29, 0.717) is 13.2 Å². The summed E-state index contributed by atoms with van der Waals surface area (Å²) >= 11 is 3.41. The molecule has 0 aliphatic heterocycles. The Labute approximate surface area is 152 Å². The largest absolute Gasteiger partial charge is 0.490 e. The first-order valence-corrected chi connectivity index (χ1v) is 8.96. The Morgan fingerprint density at radius 1 is 1.04 bits per heavy atom. The molecule has 0 spiro atoms. The van der Waals surface area contributed by atoms with Crippen molar-refractivity contribution in [2.75, 3.05) is 18.6 Å². The van der Waals surface area contributed by atoms with Crippen LogP contribution in [0.3, 0.4) is 0 Å². The summed E-state index contributed by atoms with van der Waals surface area (Å²) in [6.45, 7) is 5.41. The van der Waals surface area contributed by atoms with Crippen LogP contribution in [0.5, 0.6) is 11.5 Å². The van der Waals surface area contributed by atoms with Crippen LogP contribution in [0, 0.1) is 0 Å². The van der Waals surface area contributed by atoms with Crippen molar-refractivity contribution < 1.29 is 9.47 Å². The van der Waals surface area contributed by atoms with Gasteiger partial charge in [0.1, 0.15) is 0 Å². The second-order valence-corrected chi connectivity index (χ2v) is 6.13. The maximum atomic E-state index is 5.78. The van der Waals surface area contributed by atoms with Crippen molar-refractivity contribution in [3.63, 3.8) is 0 Å². The first-order valence-electron chi connectivity index (χ1n) is 8.17. The second kappa shape index (κ2) is 9.98. The Kier molecular flexibility index (Phi) is 7.62. The van der Waals surface area contributed by atoms with Crippen LogP contribution in [0.4, 0.5) is 5.69 Å². The van der Waals surface area contributed by atoms with Crippen LogP contribution in [0.25, 0.3) is 0 Å². The molecule has 0 fully saturated rings. The van der Waals surface area contributed by atoms with E-state index in [2.05, 4.69) is 33.4 Å². The molecule has 24 heavy (non-hydrogen) atoms. The van der Waals surface area contributed by atoms with Gasteiger partial charge in [0.2, 0.25) is 0 Å². The molecular weight excluding hydrogens is 368 g/mol. The molecule has 2 aromatic rings. The molecule has 0 heterocycles. The highest BCUT2D eigenvalue weighted by Crippen LogP contribution is 2.28. The summed E-state index contributed by atoms with van der Waals surface area (Å²) in [7, 11) is 0. The van der Waals surface area contributed by atoms with E-state index >= 15 is 0 Å². The number of benzene rings is 2. The van der Waals surface area contributed by atoms with E-state index in [4.69, 9.17) is 9.47 Å². The molecule has 0 saturated carbocycles. The molecule has 0 atom stereocenters. The van der Waals surface area contributed by atoms with Crippen molar-refractivity contribution >= 4 is 27.8 Å². The molecule has 5 heteroatoms. The summed E-state index contributed by atoms with van der Waals surface area (Å²) in [5.74, 6) is 1.53. The highest BCUT2D eigenvalue weighted by Gasteiger charge is 2.05. The Hall–Kier alpha value is -2.01. The third kappa shape index (κ3) is 5.89. The number of anilines is 1. The summed E-state index contributed by atoms with van der Waals surface area (Å²) < 4.78 is 12.5. The van der Waals surface area contributed by atoms with Crippen molar-refractivity contribution in [3.8, 4) is 11.5 Å². The lowest BCUT2D eigenvalue weighted by Gasteiger charge is -2.12. The van der Waals surface area contributed by atoms with Gasteiger partial charge in [-0.15, -0.1) is 0 Å². The average molecular weight is 391 g/mol.